The summed E-state index contributed by atoms with van der Waals surface area (Å²) in [4.78, 5) is 13.3. The minimum atomic E-state index is -0.110. The zero-order valence-electron chi connectivity index (χ0n) is 11.3. The number of hydrogen-bond acceptors (Lipinski definition) is 3. The number of benzene rings is 1. The van der Waals surface area contributed by atoms with Crippen molar-refractivity contribution in [1.29, 1.82) is 0 Å². The van der Waals surface area contributed by atoms with Crippen LogP contribution in [0, 0.1) is 6.92 Å². The topological polar surface area (TPSA) is 45.2 Å². The van der Waals surface area contributed by atoms with Gasteiger partial charge in [-0.05, 0) is 25.4 Å². The summed E-state index contributed by atoms with van der Waals surface area (Å²) in [6.07, 6.45) is 0. The van der Waals surface area contributed by atoms with Gasteiger partial charge in [0.15, 0.2) is 0 Å². The molecule has 2 amide bonds. The highest BCUT2D eigenvalue weighted by Gasteiger charge is 2.10. The maximum atomic E-state index is 11.7. The molecule has 0 saturated heterocycles. The van der Waals surface area contributed by atoms with Crippen LogP contribution in [0.3, 0.4) is 0 Å². The van der Waals surface area contributed by atoms with Crippen LogP contribution in [-0.2, 0) is 0 Å². The van der Waals surface area contributed by atoms with Crippen molar-refractivity contribution in [3.8, 4) is 11.3 Å². The van der Waals surface area contributed by atoms with Crippen LogP contribution in [-0.4, -0.2) is 28.9 Å². The Labute approximate surface area is 117 Å². The molecule has 0 atom stereocenters. The molecule has 1 aromatic carbocycles. The molecule has 100 valence electrons. The van der Waals surface area contributed by atoms with E-state index in [-0.39, 0.29) is 6.03 Å². The molecule has 0 saturated carbocycles. The smallest absolute Gasteiger partial charge is 0.322 e. The average Bonchev–Trinajstić information content (AvgIpc) is 2.87. The number of aryl methyl sites for hydroxylation is 1. The predicted octanol–water partition coefficient (Wildman–Crippen LogP) is 3.60. The van der Waals surface area contributed by atoms with E-state index in [9.17, 15) is 4.79 Å². The lowest BCUT2D eigenvalue weighted by molar-refractivity contribution is 0.225. The van der Waals surface area contributed by atoms with E-state index in [4.69, 9.17) is 0 Å². The minimum absolute atomic E-state index is 0.110. The van der Waals surface area contributed by atoms with Crippen molar-refractivity contribution in [1.82, 2.24) is 9.27 Å². The molecule has 0 bridgehead atoms. The van der Waals surface area contributed by atoms with Crippen LogP contribution in [0.4, 0.5) is 9.80 Å². The SMILES string of the molecule is CCN(C)C(=O)Nc1cc(-c2ccc(C)cc2)ns1. The number of carbonyl (C=O) groups excluding carboxylic acids is 1. The van der Waals surface area contributed by atoms with Crippen LogP contribution in [0.1, 0.15) is 12.5 Å². The summed E-state index contributed by atoms with van der Waals surface area (Å²) in [6.45, 7) is 4.66. The van der Waals surface area contributed by atoms with Gasteiger partial charge < -0.3 is 4.90 Å². The van der Waals surface area contributed by atoms with Crippen molar-refractivity contribution in [2.24, 2.45) is 0 Å². The second-order valence-electron chi connectivity index (χ2n) is 4.39. The number of carbonyl (C=O) groups is 1. The molecule has 5 heteroatoms. The lowest BCUT2D eigenvalue weighted by Gasteiger charge is -2.13. The summed E-state index contributed by atoms with van der Waals surface area (Å²) in [6, 6.07) is 9.97. The quantitative estimate of drug-likeness (QED) is 0.930. The largest absolute Gasteiger partial charge is 0.328 e. The molecule has 0 aliphatic heterocycles. The van der Waals surface area contributed by atoms with Gasteiger partial charge in [-0.2, -0.15) is 4.37 Å². The lowest BCUT2D eigenvalue weighted by Crippen LogP contribution is -2.30. The molecular weight excluding hydrogens is 258 g/mol. The Kier molecular flexibility index (Phi) is 4.16. The Bertz CT molecular complexity index is 562. The maximum Gasteiger partial charge on any atom is 0.322 e. The van der Waals surface area contributed by atoms with Crippen LogP contribution in [0.2, 0.25) is 0 Å². The van der Waals surface area contributed by atoms with Crippen molar-refractivity contribution >= 4 is 22.6 Å². The maximum absolute atomic E-state index is 11.7. The van der Waals surface area contributed by atoms with Gasteiger partial charge in [-0.3, -0.25) is 5.32 Å². The van der Waals surface area contributed by atoms with Crippen molar-refractivity contribution in [2.45, 2.75) is 13.8 Å². The van der Waals surface area contributed by atoms with E-state index >= 15 is 0 Å². The van der Waals surface area contributed by atoms with Crippen molar-refractivity contribution in [2.75, 3.05) is 18.9 Å². The molecule has 0 aliphatic rings. The normalized spacial score (nSPS) is 10.3. The molecule has 0 unspecified atom stereocenters. The van der Waals surface area contributed by atoms with E-state index in [2.05, 4.69) is 28.7 Å². The van der Waals surface area contributed by atoms with Crippen LogP contribution < -0.4 is 5.32 Å². The standard InChI is InChI=1S/C14H17N3OS/c1-4-17(3)14(18)15-13-9-12(16-19-13)11-7-5-10(2)6-8-11/h5-9H,4H2,1-3H3,(H,15,18). The first-order valence-electron chi connectivity index (χ1n) is 6.16. The molecular formula is C14H17N3OS. The number of hydrogen-bond donors (Lipinski definition) is 1. The zero-order chi connectivity index (χ0) is 13.8. The van der Waals surface area contributed by atoms with E-state index in [0.717, 1.165) is 16.3 Å². The number of nitrogens with zero attached hydrogens (tertiary/aromatic N) is 2. The van der Waals surface area contributed by atoms with Crippen LogP contribution in [0.25, 0.3) is 11.3 Å². The molecule has 1 heterocycles. The first-order valence-corrected chi connectivity index (χ1v) is 6.93. The predicted molar refractivity (Wildman–Crippen MR) is 79.6 cm³/mol. The molecule has 2 aromatic rings. The van der Waals surface area contributed by atoms with Crippen LogP contribution in [0.15, 0.2) is 30.3 Å². The Morgan fingerprint density at radius 1 is 1.37 bits per heavy atom. The number of nitrogens with one attached hydrogen (secondary N) is 1. The third-order valence-electron chi connectivity index (χ3n) is 2.91. The van der Waals surface area contributed by atoms with E-state index in [1.165, 1.54) is 17.1 Å². The Hall–Kier alpha value is -1.88. The number of amides is 2. The second kappa shape index (κ2) is 5.84. The summed E-state index contributed by atoms with van der Waals surface area (Å²) in [7, 11) is 1.76. The second-order valence-corrected chi connectivity index (χ2v) is 5.19. The molecule has 0 radical (unpaired) electrons. The number of rotatable bonds is 3. The van der Waals surface area contributed by atoms with E-state index < -0.39 is 0 Å². The average molecular weight is 275 g/mol. The first-order chi connectivity index (χ1) is 9.10. The van der Waals surface area contributed by atoms with Crippen LogP contribution in [0.5, 0.6) is 0 Å². The molecule has 1 aromatic heterocycles. The third-order valence-corrected chi connectivity index (χ3v) is 3.61. The Morgan fingerprint density at radius 2 is 2.05 bits per heavy atom. The van der Waals surface area contributed by atoms with E-state index in [1.807, 2.05) is 25.1 Å². The molecule has 0 aliphatic carbocycles. The van der Waals surface area contributed by atoms with Crippen LogP contribution >= 0.6 is 11.5 Å². The highest BCUT2D eigenvalue weighted by Crippen LogP contribution is 2.25. The fourth-order valence-corrected chi connectivity index (χ4v) is 2.19. The zero-order valence-corrected chi connectivity index (χ0v) is 12.1. The Balaban J connectivity index is 2.11. The van der Waals surface area contributed by atoms with Gasteiger partial charge in [0.25, 0.3) is 0 Å². The molecule has 19 heavy (non-hydrogen) atoms. The molecule has 1 N–H and O–H groups in total. The van der Waals surface area contributed by atoms with Gasteiger partial charge in [0.05, 0.1) is 5.69 Å². The number of anilines is 1. The van der Waals surface area contributed by atoms with Gasteiger partial charge in [-0.15, -0.1) is 0 Å². The molecule has 4 nitrogen and oxygen atoms in total. The van der Waals surface area contributed by atoms with E-state index in [1.54, 1.807) is 11.9 Å². The van der Waals surface area contributed by atoms with Gasteiger partial charge >= 0.3 is 6.03 Å². The van der Waals surface area contributed by atoms with Gasteiger partial charge in [0.1, 0.15) is 5.00 Å². The Morgan fingerprint density at radius 3 is 2.68 bits per heavy atom. The summed E-state index contributed by atoms with van der Waals surface area (Å²) in [5, 5.41) is 3.60. The van der Waals surface area contributed by atoms with Gasteiger partial charge in [0.2, 0.25) is 0 Å². The summed E-state index contributed by atoms with van der Waals surface area (Å²) < 4.78 is 4.36. The molecule has 0 fully saturated rings. The molecule has 0 spiro atoms. The first kappa shape index (κ1) is 13.5. The minimum Gasteiger partial charge on any atom is -0.328 e. The van der Waals surface area contributed by atoms with Crippen molar-refractivity contribution in [3.63, 3.8) is 0 Å². The highest BCUT2D eigenvalue weighted by atomic mass is 32.1. The van der Waals surface area contributed by atoms with Gasteiger partial charge in [-0.25, -0.2) is 4.79 Å². The third kappa shape index (κ3) is 3.32. The summed E-state index contributed by atoms with van der Waals surface area (Å²) >= 11 is 1.30. The highest BCUT2D eigenvalue weighted by molar-refractivity contribution is 7.10. The monoisotopic (exact) mass is 275 g/mol. The fraction of sp³-hybridized carbons (Fsp3) is 0.286. The summed E-state index contributed by atoms with van der Waals surface area (Å²) in [5.41, 5.74) is 3.17. The van der Waals surface area contributed by atoms with E-state index in [0.29, 0.717) is 6.54 Å². The van der Waals surface area contributed by atoms with Crippen molar-refractivity contribution < 1.29 is 4.79 Å². The number of aromatic nitrogens is 1. The lowest BCUT2D eigenvalue weighted by atomic mass is 10.1. The van der Waals surface area contributed by atoms with Gasteiger partial charge in [-0.1, -0.05) is 29.8 Å². The van der Waals surface area contributed by atoms with Crippen molar-refractivity contribution in [3.05, 3.63) is 35.9 Å². The summed E-state index contributed by atoms with van der Waals surface area (Å²) in [5.74, 6) is 0. The number of urea groups is 1. The molecule has 2 rings (SSSR count). The fourth-order valence-electron chi connectivity index (χ4n) is 1.54. The van der Waals surface area contributed by atoms with Gasteiger partial charge in [0, 0.05) is 25.2 Å².